The van der Waals surface area contributed by atoms with Gasteiger partial charge in [-0.3, -0.25) is 0 Å². The van der Waals surface area contributed by atoms with Gasteiger partial charge in [-0.15, -0.1) is 0 Å². The van der Waals surface area contributed by atoms with Crippen molar-refractivity contribution < 1.29 is 4.57 Å². The highest BCUT2D eigenvalue weighted by atomic mass is 31.2. The summed E-state index contributed by atoms with van der Waals surface area (Å²) in [6.45, 7) is 0. The van der Waals surface area contributed by atoms with Crippen LogP contribution >= 0.6 is 7.14 Å². The molecule has 0 saturated carbocycles. The Hall–Kier alpha value is -7.07. The lowest BCUT2D eigenvalue weighted by molar-refractivity contribution is 0.590. The second-order valence-corrected chi connectivity index (χ2v) is 17.9. The Morgan fingerprint density at radius 3 is 1.88 bits per heavy atom. The first-order valence-corrected chi connectivity index (χ1v) is 21.3. The Morgan fingerprint density at radius 1 is 0.500 bits per heavy atom. The second kappa shape index (κ2) is 12.7. The van der Waals surface area contributed by atoms with Gasteiger partial charge in [0.2, 0.25) is 18.3 Å². The van der Waals surface area contributed by atoms with Crippen molar-refractivity contribution in [3.8, 4) is 33.4 Å². The van der Waals surface area contributed by atoms with Crippen LogP contribution < -0.4 is 16.4 Å². The van der Waals surface area contributed by atoms with Crippen LogP contribution in [0.25, 0.3) is 77.9 Å². The number of hydrogen-bond donors (Lipinski definition) is 0. The average Bonchev–Trinajstić information content (AvgIpc) is 3.30. The van der Waals surface area contributed by atoms with Gasteiger partial charge in [0.05, 0.1) is 0 Å². The minimum absolute atomic E-state index is 0.198. The number of aromatic nitrogens is 4. The van der Waals surface area contributed by atoms with Crippen LogP contribution in [0.15, 0.2) is 182 Å². The van der Waals surface area contributed by atoms with Gasteiger partial charge in [-0.1, -0.05) is 164 Å². The molecular formula is C52H33N4OP. The molecule has 0 radical (unpaired) electrons. The molecule has 2 heterocycles. The van der Waals surface area contributed by atoms with Crippen LogP contribution in [-0.4, -0.2) is 19.9 Å². The Bertz CT molecular complexity index is 3280. The van der Waals surface area contributed by atoms with Crippen LogP contribution in [0.5, 0.6) is 0 Å². The monoisotopic (exact) mass is 760 g/mol. The van der Waals surface area contributed by atoms with Crippen molar-refractivity contribution in [1.29, 1.82) is 0 Å². The van der Waals surface area contributed by atoms with Gasteiger partial charge in [0.15, 0.2) is 0 Å². The molecule has 3 atom stereocenters. The van der Waals surface area contributed by atoms with Gasteiger partial charge in [0.25, 0.3) is 0 Å². The highest BCUT2D eigenvalue weighted by molar-refractivity contribution is 7.84. The summed E-state index contributed by atoms with van der Waals surface area (Å²) in [7, 11) is -3.74. The van der Waals surface area contributed by atoms with Crippen LogP contribution in [-0.2, 0) is 4.57 Å². The van der Waals surface area contributed by atoms with Crippen molar-refractivity contribution >= 4 is 68.0 Å². The van der Waals surface area contributed by atoms with E-state index < -0.39 is 7.14 Å². The van der Waals surface area contributed by atoms with Gasteiger partial charge >= 0.3 is 0 Å². The van der Waals surface area contributed by atoms with E-state index in [9.17, 15) is 0 Å². The molecule has 7 aromatic carbocycles. The molecule has 0 amide bonds. The summed E-state index contributed by atoms with van der Waals surface area (Å²) in [5, 5.41) is 7.80. The van der Waals surface area contributed by atoms with E-state index >= 15 is 4.57 Å². The third-order valence-electron chi connectivity index (χ3n) is 12.3. The van der Waals surface area contributed by atoms with Gasteiger partial charge in [0.1, 0.15) is 0 Å². The zero-order chi connectivity index (χ0) is 38.4. The highest BCUT2D eigenvalue weighted by Crippen LogP contribution is 2.49. The molecule has 9 aromatic rings. The lowest BCUT2D eigenvalue weighted by atomic mass is 9.68. The summed E-state index contributed by atoms with van der Waals surface area (Å²) in [5.41, 5.74) is 11.4. The largest absolute Gasteiger partial charge is 0.302 e. The van der Waals surface area contributed by atoms with Crippen LogP contribution in [0.3, 0.4) is 0 Å². The molecule has 3 aliphatic carbocycles. The second-order valence-electron chi connectivity index (χ2n) is 15.4. The average molecular weight is 761 g/mol. The summed E-state index contributed by atoms with van der Waals surface area (Å²) in [4.78, 5) is 19.6. The fourth-order valence-corrected chi connectivity index (χ4v) is 11.5. The quantitative estimate of drug-likeness (QED) is 0.125. The first kappa shape index (κ1) is 33.1. The van der Waals surface area contributed by atoms with Crippen molar-refractivity contribution in [2.24, 2.45) is 5.92 Å². The first-order valence-electron chi connectivity index (χ1n) is 19.6. The van der Waals surface area contributed by atoms with E-state index in [2.05, 4.69) is 121 Å². The van der Waals surface area contributed by atoms with Crippen LogP contribution in [0.1, 0.15) is 22.6 Å². The van der Waals surface area contributed by atoms with Gasteiger partial charge in [0, 0.05) is 53.1 Å². The molecule has 2 aromatic heterocycles. The zero-order valence-electron chi connectivity index (χ0n) is 31.2. The van der Waals surface area contributed by atoms with E-state index in [0.717, 1.165) is 38.8 Å². The number of benzene rings is 7. The maximum atomic E-state index is 15.8. The molecule has 0 N–H and O–H groups in total. The highest BCUT2D eigenvalue weighted by Gasteiger charge is 2.37. The predicted octanol–water partition coefficient (Wildman–Crippen LogP) is 11.1. The van der Waals surface area contributed by atoms with Crippen molar-refractivity contribution in [2.45, 2.75) is 5.92 Å². The number of hydrogen-bond acceptors (Lipinski definition) is 5. The van der Waals surface area contributed by atoms with Gasteiger partial charge in [-0.2, -0.15) is 0 Å². The number of rotatable bonds is 6. The molecule has 0 spiro atoms. The fraction of sp³-hybridized carbons (Fsp3) is 0.0385. The molecular weight excluding hydrogens is 728 g/mol. The van der Waals surface area contributed by atoms with Gasteiger partial charge in [-0.05, 0) is 76.8 Å². The minimum Gasteiger partial charge on any atom is -0.302 e. The Labute approximate surface area is 335 Å². The molecule has 58 heavy (non-hydrogen) atoms. The zero-order valence-corrected chi connectivity index (χ0v) is 32.1. The lowest BCUT2D eigenvalue weighted by Gasteiger charge is -2.35. The molecule has 3 aliphatic rings. The lowest BCUT2D eigenvalue weighted by Crippen LogP contribution is -2.32. The number of nitrogens with zero attached hydrogens (tertiary/aromatic N) is 4. The van der Waals surface area contributed by atoms with Crippen LogP contribution in [0.2, 0.25) is 0 Å². The molecule has 3 unspecified atom stereocenters. The van der Waals surface area contributed by atoms with Crippen LogP contribution in [0.4, 0.5) is 0 Å². The molecule has 272 valence electrons. The SMILES string of the molecule is O=P(c1ccc(-c2ccccc2)cc1)(c1ncc(-c2ccc3c4c2C=CC2C=CC=C(C=C3)C42)cn1)c1ncc(-c2ccc3ccc4cccc5ccc2c3c45)cn1. The van der Waals surface area contributed by atoms with E-state index in [4.69, 9.17) is 19.9 Å². The Balaban J connectivity index is 0.966. The molecule has 0 bridgehead atoms. The van der Waals surface area contributed by atoms with E-state index in [-0.39, 0.29) is 11.1 Å². The topological polar surface area (TPSA) is 68.6 Å². The third kappa shape index (κ3) is 4.93. The van der Waals surface area contributed by atoms with Crippen molar-refractivity contribution in [2.75, 3.05) is 0 Å². The van der Waals surface area contributed by atoms with Crippen molar-refractivity contribution in [1.82, 2.24) is 19.9 Å². The smallest absolute Gasteiger partial charge is 0.242 e. The molecule has 6 heteroatoms. The summed E-state index contributed by atoms with van der Waals surface area (Å²) >= 11 is 0. The maximum absolute atomic E-state index is 15.8. The predicted molar refractivity (Wildman–Crippen MR) is 239 cm³/mol. The molecule has 0 aliphatic heterocycles. The maximum Gasteiger partial charge on any atom is 0.242 e. The first-order chi connectivity index (χ1) is 28.6. The normalized spacial score (nSPS) is 17.4. The summed E-state index contributed by atoms with van der Waals surface area (Å²) in [5.74, 6) is 0.634. The standard InChI is InChI=1S/C52H33N4OP/c57-58(42-22-16-33(17-23-42)32-6-2-1-3-7-32,51-53-28-40(29-54-51)43-24-18-38-14-12-34-8-4-10-36-20-26-45(43)49(38)47(34)36)52-55-30-41(31-56-52)44-25-19-39-15-13-35-9-5-11-37-21-27-46(44)50(39)48(35)37/h1-31,36,47H. The fourth-order valence-electron chi connectivity index (χ4n) is 9.44. The van der Waals surface area contributed by atoms with Crippen molar-refractivity contribution in [3.05, 3.63) is 199 Å². The van der Waals surface area contributed by atoms with Gasteiger partial charge in [-0.25, -0.2) is 19.9 Å². The summed E-state index contributed by atoms with van der Waals surface area (Å²) < 4.78 is 15.8. The van der Waals surface area contributed by atoms with Gasteiger partial charge < -0.3 is 4.57 Å². The van der Waals surface area contributed by atoms with E-state index in [1.807, 2.05) is 42.5 Å². The summed E-state index contributed by atoms with van der Waals surface area (Å²) in [6.07, 6.45) is 22.9. The Morgan fingerprint density at radius 2 is 1.14 bits per heavy atom. The van der Waals surface area contributed by atoms with E-state index in [0.29, 0.717) is 17.1 Å². The minimum atomic E-state index is -3.74. The van der Waals surface area contributed by atoms with E-state index in [1.54, 1.807) is 24.8 Å². The molecule has 12 rings (SSSR count). The van der Waals surface area contributed by atoms with E-state index in [1.165, 1.54) is 49.2 Å². The Kier molecular flexibility index (Phi) is 7.26. The molecule has 5 nitrogen and oxygen atoms in total. The van der Waals surface area contributed by atoms with Crippen molar-refractivity contribution in [3.63, 3.8) is 0 Å². The van der Waals surface area contributed by atoms with Crippen LogP contribution in [0, 0.1) is 5.92 Å². The number of allylic oxidation sites excluding steroid dienone is 6. The molecule has 0 saturated heterocycles. The summed E-state index contributed by atoms with van der Waals surface area (Å²) in [6, 6.07) is 41.8. The third-order valence-corrected chi connectivity index (χ3v) is 14.9. The molecule has 0 fully saturated rings.